The maximum absolute atomic E-state index is 12.8. The molecule has 1 aromatic heterocycles. The Morgan fingerprint density at radius 1 is 1.10 bits per heavy atom. The number of benzene rings is 3. The summed E-state index contributed by atoms with van der Waals surface area (Å²) in [7, 11) is 0. The van der Waals surface area contributed by atoms with Crippen molar-refractivity contribution < 1.29 is 9.53 Å². The number of thiazole rings is 1. The number of rotatable bonds is 6. The molecule has 0 saturated heterocycles. The fourth-order valence-electron chi connectivity index (χ4n) is 3.44. The van der Waals surface area contributed by atoms with Crippen LogP contribution in [0.5, 0.6) is 5.75 Å². The van der Waals surface area contributed by atoms with Crippen LogP contribution in [0, 0.1) is 0 Å². The molecule has 0 unspecified atom stereocenters. The van der Waals surface area contributed by atoms with E-state index in [1.807, 2.05) is 74.5 Å². The molecule has 0 spiro atoms. The second-order valence-corrected chi connectivity index (χ2v) is 7.77. The topological polar surface area (TPSA) is 60.3 Å². The van der Waals surface area contributed by atoms with Crippen LogP contribution < -0.4 is 14.9 Å². The van der Waals surface area contributed by atoms with Crippen molar-refractivity contribution >= 4 is 43.9 Å². The fraction of sp³-hybridized carbons (Fsp3) is 0.217. The van der Waals surface area contributed by atoms with E-state index in [2.05, 4.69) is 5.32 Å². The van der Waals surface area contributed by atoms with Crippen LogP contribution in [0.2, 0.25) is 0 Å². The van der Waals surface area contributed by atoms with E-state index in [1.165, 1.54) is 11.3 Å². The van der Waals surface area contributed by atoms with Crippen molar-refractivity contribution in [2.24, 2.45) is 0 Å². The summed E-state index contributed by atoms with van der Waals surface area (Å²) in [4.78, 5) is 24.9. The Morgan fingerprint density at radius 3 is 2.69 bits per heavy atom. The van der Waals surface area contributed by atoms with Gasteiger partial charge in [-0.05, 0) is 43.0 Å². The van der Waals surface area contributed by atoms with Crippen molar-refractivity contribution in [1.82, 2.24) is 4.57 Å². The summed E-state index contributed by atoms with van der Waals surface area (Å²) in [6.45, 7) is 4.49. The zero-order chi connectivity index (χ0) is 20.4. The third kappa shape index (κ3) is 3.76. The summed E-state index contributed by atoms with van der Waals surface area (Å²) < 4.78 is 8.66. The lowest BCUT2D eigenvalue weighted by atomic mass is 10.1. The van der Waals surface area contributed by atoms with Gasteiger partial charge in [-0.3, -0.25) is 14.2 Å². The van der Waals surface area contributed by atoms with Crippen molar-refractivity contribution in [3.8, 4) is 5.75 Å². The normalized spacial score (nSPS) is 12.2. The van der Waals surface area contributed by atoms with Crippen LogP contribution in [0.3, 0.4) is 0 Å². The van der Waals surface area contributed by atoms with E-state index in [-0.39, 0.29) is 10.8 Å². The molecular formula is C23H22N2O3S. The van der Waals surface area contributed by atoms with Gasteiger partial charge in [-0.2, -0.15) is 0 Å². The minimum Gasteiger partial charge on any atom is -0.480 e. The molecule has 3 aromatic carbocycles. The predicted octanol–water partition coefficient (Wildman–Crippen LogP) is 5.03. The summed E-state index contributed by atoms with van der Waals surface area (Å²) in [5.41, 5.74) is 1.55. The van der Waals surface area contributed by atoms with Gasteiger partial charge in [0.2, 0.25) is 0 Å². The standard InChI is InChI=1S/C23H22N2O3S/c1-3-19(28-20-11-7-9-15-8-5-6-10-17(15)20)22(26)24-16-12-13-18-21(14-16)29-23(27)25(18)4-2/h5-14,19H,3-4H2,1-2H3,(H,24,26)/t19-/m1/s1. The summed E-state index contributed by atoms with van der Waals surface area (Å²) in [6.07, 6.45) is -0.0768. The molecule has 6 heteroatoms. The first-order chi connectivity index (χ1) is 14.1. The van der Waals surface area contributed by atoms with Gasteiger partial charge in [-0.15, -0.1) is 0 Å². The summed E-state index contributed by atoms with van der Waals surface area (Å²) in [6, 6.07) is 19.3. The van der Waals surface area contributed by atoms with E-state index in [4.69, 9.17) is 4.74 Å². The monoisotopic (exact) mass is 406 g/mol. The number of anilines is 1. The Balaban J connectivity index is 1.56. The van der Waals surface area contributed by atoms with Crippen molar-refractivity contribution in [3.63, 3.8) is 0 Å². The summed E-state index contributed by atoms with van der Waals surface area (Å²) >= 11 is 1.19. The quantitative estimate of drug-likeness (QED) is 0.488. The van der Waals surface area contributed by atoms with E-state index >= 15 is 0 Å². The number of hydrogen-bond acceptors (Lipinski definition) is 4. The molecule has 4 rings (SSSR count). The molecule has 4 aromatic rings. The van der Waals surface area contributed by atoms with Gasteiger partial charge in [0, 0.05) is 17.6 Å². The number of amides is 1. The molecule has 1 heterocycles. The predicted molar refractivity (Wildman–Crippen MR) is 119 cm³/mol. The maximum Gasteiger partial charge on any atom is 0.308 e. The van der Waals surface area contributed by atoms with Gasteiger partial charge >= 0.3 is 4.87 Å². The first-order valence-electron chi connectivity index (χ1n) is 9.69. The van der Waals surface area contributed by atoms with Gasteiger partial charge in [0.15, 0.2) is 6.10 Å². The van der Waals surface area contributed by atoms with Crippen molar-refractivity contribution in [1.29, 1.82) is 0 Å². The van der Waals surface area contributed by atoms with Gasteiger partial charge < -0.3 is 10.1 Å². The molecule has 29 heavy (non-hydrogen) atoms. The van der Waals surface area contributed by atoms with E-state index in [0.717, 1.165) is 21.0 Å². The lowest BCUT2D eigenvalue weighted by Crippen LogP contribution is -2.32. The number of nitrogens with one attached hydrogen (secondary N) is 1. The van der Waals surface area contributed by atoms with Gasteiger partial charge in [-0.25, -0.2) is 0 Å². The molecule has 1 amide bonds. The maximum atomic E-state index is 12.8. The minimum atomic E-state index is -0.615. The number of nitrogens with zero attached hydrogens (tertiary/aromatic N) is 1. The number of fused-ring (bicyclic) bond motifs is 2. The van der Waals surface area contributed by atoms with Crippen LogP contribution >= 0.6 is 11.3 Å². The largest absolute Gasteiger partial charge is 0.480 e. The molecule has 0 bridgehead atoms. The number of hydrogen-bond donors (Lipinski definition) is 1. The first kappa shape index (κ1) is 19.2. The lowest BCUT2D eigenvalue weighted by Gasteiger charge is -2.18. The molecule has 0 aliphatic heterocycles. The number of carbonyl (C=O) groups excluding carboxylic acids is 1. The van der Waals surface area contributed by atoms with E-state index in [9.17, 15) is 9.59 Å². The van der Waals surface area contributed by atoms with Crippen LogP contribution in [0.4, 0.5) is 5.69 Å². The van der Waals surface area contributed by atoms with Crippen molar-refractivity contribution in [2.45, 2.75) is 32.9 Å². The summed E-state index contributed by atoms with van der Waals surface area (Å²) in [5, 5.41) is 4.98. The summed E-state index contributed by atoms with van der Waals surface area (Å²) in [5.74, 6) is 0.487. The Morgan fingerprint density at radius 2 is 1.90 bits per heavy atom. The number of ether oxygens (including phenoxy) is 1. The Hall–Kier alpha value is -3.12. The van der Waals surface area contributed by atoms with Crippen LogP contribution in [0.15, 0.2) is 65.5 Å². The average Bonchev–Trinajstić information content (AvgIpc) is 3.06. The molecule has 0 aliphatic carbocycles. The van der Waals surface area contributed by atoms with E-state index in [0.29, 0.717) is 24.4 Å². The minimum absolute atomic E-state index is 0.0108. The SMILES string of the molecule is CC[C@@H](Oc1cccc2ccccc12)C(=O)Nc1ccc2c(c1)sc(=O)n2CC. The van der Waals surface area contributed by atoms with Gasteiger partial charge in [0.1, 0.15) is 5.75 Å². The lowest BCUT2D eigenvalue weighted by molar-refractivity contribution is -0.122. The molecule has 148 valence electrons. The van der Waals surface area contributed by atoms with Crippen LogP contribution in [-0.2, 0) is 11.3 Å². The average molecular weight is 407 g/mol. The highest BCUT2D eigenvalue weighted by Gasteiger charge is 2.20. The molecule has 0 radical (unpaired) electrons. The molecule has 0 saturated carbocycles. The second-order valence-electron chi connectivity index (χ2n) is 6.78. The van der Waals surface area contributed by atoms with Crippen molar-refractivity contribution in [2.75, 3.05) is 5.32 Å². The Labute approximate surface area is 172 Å². The zero-order valence-electron chi connectivity index (χ0n) is 16.3. The number of carbonyl (C=O) groups is 1. The van der Waals surface area contributed by atoms with Crippen LogP contribution in [-0.4, -0.2) is 16.6 Å². The molecule has 0 fully saturated rings. The number of aromatic nitrogens is 1. The third-order valence-corrected chi connectivity index (χ3v) is 5.88. The van der Waals surface area contributed by atoms with E-state index < -0.39 is 6.10 Å². The third-order valence-electron chi connectivity index (χ3n) is 4.93. The second kappa shape index (κ2) is 8.09. The Bertz CT molecular complexity index is 1240. The van der Waals surface area contributed by atoms with E-state index in [1.54, 1.807) is 4.57 Å². The molecular weight excluding hydrogens is 384 g/mol. The molecule has 1 N–H and O–H groups in total. The smallest absolute Gasteiger partial charge is 0.308 e. The highest BCUT2D eigenvalue weighted by Crippen LogP contribution is 2.27. The first-order valence-corrected chi connectivity index (χ1v) is 10.5. The molecule has 1 atom stereocenters. The molecule has 5 nitrogen and oxygen atoms in total. The van der Waals surface area contributed by atoms with Gasteiger partial charge in [0.05, 0.1) is 10.2 Å². The number of aryl methyl sites for hydroxylation is 1. The fourth-order valence-corrected chi connectivity index (χ4v) is 4.43. The van der Waals surface area contributed by atoms with Crippen LogP contribution in [0.1, 0.15) is 20.3 Å². The van der Waals surface area contributed by atoms with Crippen LogP contribution in [0.25, 0.3) is 21.0 Å². The molecule has 0 aliphatic rings. The highest BCUT2D eigenvalue weighted by atomic mass is 32.1. The zero-order valence-corrected chi connectivity index (χ0v) is 17.2. The van der Waals surface area contributed by atoms with Gasteiger partial charge in [0.25, 0.3) is 5.91 Å². The van der Waals surface area contributed by atoms with Crippen molar-refractivity contribution in [3.05, 3.63) is 70.3 Å². The highest BCUT2D eigenvalue weighted by molar-refractivity contribution is 7.16. The van der Waals surface area contributed by atoms with Gasteiger partial charge in [-0.1, -0.05) is 54.7 Å². The Kier molecular flexibility index (Phi) is 5.36.